The van der Waals surface area contributed by atoms with Crippen LogP contribution in [0.2, 0.25) is 0 Å². The predicted molar refractivity (Wildman–Crippen MR) is 94.6 cm³/mol. The third-order valence-electron chi connectivity index (χ3n) is 4.26. The van der Waals surface area contributed by atoms with Crippen LogP contribution in [0.1, 0.15) is 49.8 Å². The van der Waals surface area contributed by atoms with Crippen LogP contribution in [0.5, 0.6) is 0 Å². The van der Waals surface area contributed by atoms with E-state index in [9.17, 15) is 9.90 Å². The highest BCUT2D eigenvalue weighted by Crippen LogP contribution is 2.33. The number of likely N-dealkylation sites (tertiary alicyclic amines) is 1. The molecule has 0 aliphatic carbocycles. The lowest BCUT2D eigenvalue weighted by molar-refractivity contribution is -0.00156. The fourth-order valence-corrected chi connectivity index (χ4v) is 3.08. The van der Waals surface area contributed by atoms with Crippen LogP contribution in [0.15, 0.2) is 12.1 Å². The number of β-amino-alcohol motifs (C(OH)–C–C–N with tert-alkyl or cyclic N) is 1. The molecule has 6 nitrogen and oxygen atoms in total. The summed E-state index contributed by atoms with van der Waals surface area (Å²) in [6.07, 6.45) is 0.809. The molecule has 1 aliphatic heterocycles. The van der Waals surface area contributed by atoms with E-state index in [-0.39, 0.29) is 12.5 Å². The summed E-state index contributed by atoms with van der Waals surface area (Å²) >= 11 is 0. The first kappa shape index (κ1) is 18.3. The number of amides is 1. The largest absolute Gasteiger partial charge is 0.444 e. The topological polar surface area (TPSA) is 99.6 Å². The SMILES string of the molecule is Cc1cc(C=N)c(N)cc1C1CCN(C(=O)OC(C)(C)C)CC1O. The van der Waals surface area contributed by atoms with Gasteiger partial charge in [-0.25, -0.2) is 4.79 Å². The van der Waals surface area contributed by atoms with Gasteiger partial charge in [-0.3, -0.25) is 0 Å². The van der Waals surface area contributed by atoms with Gasteiger partial charge >= 0.3 is 6.09 Å². The van der Waals surface area contributed by atoms with Gasteiger partial charge in [0.25, 0.3) is 0 Å². The van der Waals surface area contributed by atoms with Crippen molar-refractivity contribution in [1.29, 1.82) is 5.41 Å². The first-order valence-electron chi connectivity index (χ1n) is 8.19. The summed E-state index contributed by atoms with van der Waals surface area (Å²) in [6, 6.07) is 3.71. The van der Waals surface area contributed by atoms with E-state index in [1.807, 2.05) is 39.8 Å². The highest BCUT2D eigenvalue weighted by atomic mass is 16.6. The van der Waals surface area contributed by atoms with Gasteiger partial charge in [0.15, 0.2) is 0 Å². The van der Waals surface area contributed by atoms with Crippen LogP contribution < -0.4 is 5.73 Å². The quantitative estimate of drug-likeness (QED) is 0.572. The predicted octanol–water partition coefficient (Wildman–Crippen LogP) is 2.66. The molecule has 0 bridgehead atoms. The number of hydrogen-bond donors (Lipinski definition) is 3. The standard InChI is InChI=1S/C18H27N3O3/c1-11-7-12(9-19)15(20)8-14(11)13-5-6-21(10-16(13)22)17(23)24-18(2,3)4/h7-9,13,16,19,22H,5-6,10,20H2,1-4H3. The van der Waals surface area contributed by atoms with E-state index < -0.39 is 17.8 Å². The first-order valence-corrected chi connectivity index (χ1v) is 8.19. The van der Waals surface area contributed by atoms with Crippen molar-refractivity contribution in [2.75, 3.05) is 18.8 Å². The highest BCUT2D eigenvalue weighted by molar-refractivity contribution is 5.85. The van der Waals surface area contributed by atoms with Crippen molar-refractivity contribution in [2.24, 2.45) is 0 Å². The van der Waals surface area contributed by atoms with Crippen molar-refractivity contribution in [3.8, 4) is 0 Å². The Hall–Kier alpha value is -2.08. The second-order valence-corrected chi connectivity index (χ2v) is 7.37. The normalized spacial score (nSPS) is 21.5. The van der Waals surface area contributed by atoms with Gasteiger partial charge < -0.3 is 25.9 Å². The zero-order chi connectivity index (χ0) is 18.1. The molecular weight excluding hydrogens is 306 g/mol. The minimum Gasteiger partial charge on any atom is -0.444 e. The minimum absolute atomic E-state index is 0.0780. The lowest BCUT2D eigenvalue weighted by Crippen LogP contribution is -2.47. The van der Waals surface area contributed by atoms with Crippen molar-refractivity contribution in [2.45, 2.75) is 51.7 Å². The number of nitrogens with two attached hydrogens (primary N) is 1. The minimum atomic E-state index is -0.671. The van der Waals surface area contributed by atoms with E-state index in [0.29, 0.717) is 24.2 Å². The molecule has 4 N–H and O–H groups in total. The fourth-order valence-electron chi connectivity index (χ4n) is 3.08. The maximum absolute atomic E-state index is 12.2. The number of nitrogens with zero attached hydrogens (tertiary/aromatic N) is 1. The molecule has 1 aromatic rings. The Labute approximate surface area is 143 Å². The average Bonchev–Trinajstić information content (AvgIpc) is 2.47. The summed E-state index contributed by atoms with van der Waals surface area (Å²) in [7, 11) is 0. The number of benzene rings is 1. The number of carbonyl (C=O) groups is 1. The Bertz CT molecular complexity index is 637. The summed E-state index contributed by atoms with van der Waals surface area (Å²) in [6.45, 7) is 8.20. The van der Waals surface area contributed by atoms with Crippen LogP contribution in [0.4, 0.5) is 10.5 Å². The zero-order valence-corrected chi connectivity index (χ0v) is 14.8. The molecule has 2 rings (SSSR count). The molecule has 0 spiro atoms. The van der Waals surface area contributed by atoms with E-state index in [2.05, 4.69) is 0 Å². The summed E-state index contributed by atoms with van der Waals surface area (Å²) in [5.74, 6) is -0.0780. The summed E-state index contributed by atoms with van der Waals surface area (Å²) in [4.78, 5) is 13.7. The lowest BCUT2D eigenvalue weighted by Gasteiger charge is -2.37. The molecular formula is C18H27N3O3. The molecule has 6 heteroatoms. The third kappa shape index (κ3) is 4.06. The van der Waals surface area contributed by atoms with E-state index >= 15 is 0 Å². The Morgan fingerprint density at radius 2 is 2.12 bits per heavy atom. The van der Waals surface area contributed by atoms with Crippen molar-refractivity contribution in [3.05, 3.63) is 28.8 Å². The highest BCUT2D eigenvalue weighted by Gasteiger charge is 2.34. The molecule has 132 valence electrons. The number of aliphatic hydroxyl groups is 1. The van der Waals surface area contributed by atoms with E-state index in [1.54, 1.807) is 4.90 Å². The molecule has 1 aliphatic rings. The summed E-state index contributed by atoms with van der Waals surface area (Å²) in [5.41, 5.74) is 8.62. The van der Waals surface area contributed by atoms with Gasteiger partial charge in [-0.05, 0) is 57.4 Å². The van der Waals surface area contributed by atoms with Crippen molar-refractivity contribution < 1.29 is 14.6 Å². The van der Waals surface area contributed by atoms with Crippen LogP contribution in [-0.4, -0.2) is 47.1 Å². The van der Waals surface area contributed by atoms with Gasteiger partial charge in [0.1, 0.15) is 5.60 Å². The van der Waals surface area contributed by atoms with Gasteiger partial charge in [-0.1, -0.05) is 0 Å². The van der Waals surface area contributed by atoms with E-state index in [0.717, 1.165) is 11.1 Å². The van der Waals surface area contributed by atoms with Crippen molar-refractivity contribution in [1.82, 2.24) is 4.90 Å². The summed E-state index contributed by atoms with van der Waals surface area (Å²) in [5, 5.41) is 17.9. The van der Waals surface area contributed by atoms with E-state index in [4.69, 9.17) is 15.9 Å². The number of ether oxygens (including phenoxy) is 1. The number of carbonyl (C=O) groups excluding carboxylic acids is 1. The Morgan fingerprint density at radius 3 is 2.67 bits per heavy atom. The second-order valence-electron chi connectivity index (χ2n) is 7.37. The lowest BCUT2D eigenvalue weighted by atomic mass is 9.84. The second kappa shape index (κ2) is 6.81. The monoisotopic (exact) mass is 333 g/mol. The molecule has 2 unspecified atom stereocenters. The van der Waals surface area contributed by atoms with E-state index in [1.165, 1.54) is 6.21 Å². The zero-order valence-electron chi connectivity index (χ0n) is 14.8. The molecule has 1 amide bonds. The maximum Gasteiger partial charge on any atom is 0.410 e. The van der Waals surface area contributed by atoms with Gasteiger partial charge in [0, 0.05) is 29.9 Å². The molecule has 1 heterocycles. The van der Waals surface area contributed by atoms with Crippen LogP contribution in [-0.2, 0) is 4.74 Å². The molecule has 0 saturated carbocycles. The Kier molecular flexibility index (Phi) is 5.18. The smallest absolute Gasteiger partial charge is 0.410 e. The molecule has 1 fully saturated rings. The average molecular weight is 333 g/mol. The number of anilines is 1. The van der Waals surface area contributed by atoms with Crippen LogP contribution >= 0.6 is 0 Å². The molecule has 24 heavy (non-hydrogen) atoms. The fraction of sp³-hybridized carbons (Fsp3) is 0.556. The molecule has 1 saturated heterocycles. The van der Waals surface area contributed by atoms with Crippen LogP contribution in [0.25, 0.3) is 0 Å². The first-order chi connectivity index (χ1) is 11.1. The summed E-state index contributed by atoms with van der Waals surface area (Å²) < 4.78 is 5.37. The number of piperidine rings is 1. The van der Waals surface area contributed by atoms with Gasteiger partial charge in [0.2, 0.25) is 0 Å². The number of aliphatic hydroxyl groups excluding tert-OH is 1. The number of nitrogen functional groups attached to an aromatic ring is 1. The Balaban J connectivity index is 2.13. The van der Waals surface area contributed by atoms with Crippen LogP contribution in [0, 0.1) is 12.3 Å². The number of hydrogen-bond acceptors (Lipinski definition) is 5. The van der Waals surface area contributed by atoms with Crippen molar-refractivity contribution in [3.63, 3.8) is 0 Å². The van der Waals surface area contributed by atoms with Crippen molar-refractivity contribution >= 4 is 18.0 Å². The molecule has 0 radical (unpaired) electrons. The molecule has 0 aromatic heterocycles. The van der Waals surface area contributed by atoms with Gasteiger partial charge in [-0.15, -0.1) is 0 Å². The number of nitrogens with one attached hydrogen (secondary N) is 1. The van der Waals surface area contributed by atoms with Crippen LogP contribution in [0.3, 0.4) is 0 Å². The maximum atomic E-state index is 12.2. The number of aryl methyl sites for hydroxylation is 1. The molecule has 2 atom stereocenters. The number of rotatable bonds is 2. The third-order valence-corrected chi connectivity index (χ3v) is 4.26. The molecule has 1 aromatic carbocycles. The Morgan fingerprint density at radius 1 is 1.46 bits per heavy atom. The van der Waals surface area contributed by atoms with Gasteiger partial charge in [-0.2, -0.15) is 0 Å². The van der Waals surface area contributed by atoms with Gasteiger partial charge in [0.05, 0.1) is 12.6 Å².